The van der Waals surface area contributed by atoms with Crippen LogP contribution in [-0.4, -0.2) is 110 Å². The van der Waals surface area contributed by atoms with Gasteiger partial charge < -0.3 is 50.5 Å². The van der Waals surface area contributed by atoms with Gasteiger partial charge in [-0.3, -0.25) is 4.79 Å². The third-order valence-electron chi connectivity index (χ3n) is 11.3. The highest BCUT2D eigenvalue weighted by Gasteiger charge is 2.44. The van der Waals surface area contributed by atoms with Crippen molar-refractivity contribution in [2.45, 2.75) is 255 Å². The van der Waals surface area contributed by atoms with Gasteiger partial charge in [0, 0.05) is 0 Å². The molecular weight excluding hydrogens is 714 g/mol. The standard InChI is InChI=1S/C45H87NO10/c1-3-5-7-8-9-10-11-12-13-14-15-16-17-18-19-20-21-22-23-24-25-26-27-28-29-31-33-38(49)44(54)46-36(40(50)37(48)32-30-6-4-2)35-55-45-43(53)42(52)41(51)39(34-47)56-45/h18-19,36-43,45,47-53H,3-17,20-35H2,1-2H3,(H,46,54)/b19-18-. The minimum Gasteiger partial charge on any atom is -0.394 e. The van der Waals surface area contributed by atoms with Crippen LogP contribution in [-0.2, 0) is 14.3 Å². The zero-order valence-electron chi connectivity index (χ0n) is 35.6. The van der Waals surface area contributed by atoms with Crippen molar-refractivity contribution in [2.24, 2.45) is 0 Å². The van der Waals surface area contributed by atoms with Crippen LogP contribution in [0.3, 0.4) is 0 Å². The maximum Gasteiger partial charge on any atom is 0.249 e. The number of rotatable bonds is 38. The SMILES string of the molecule is CCCCCCCCCCCCCC/C=C\CCCCCCCCCCCCC(O)C(=O)NC(COC1OC(CO)C(O)C(O)C1O)C(O)C(O)CCCCC. The van der Waals surface area contributed by atoms with Gasteiger partial charge in [0.25, 0.3) is 0 Å². The van der Waals surface area contributed by atoms with E-state index in [2.05, 4.69) is 24.4 Å². The molecule has 0 bridgehead atoms. The first-order chi connectivity index (χ1) is 27.2. The van der Waals surface area contributed by atoms with Crippen LogP contribution >= 0.6 is 0 Å². The molecule has 0 radical (unpaired) electrons. The van der Waals surface area contributed by atoms with Gasteiger partial charge in [0.2, 0.25) is 5.91 Å². The number of amides is 1. The summed E-state index contributed by atoms with van der Waals surface area (Å²) < 4.78 is 11.0. The van der Waals surface area contributed by atoms with E-state index in [1.807, 2.05) is 6.92 Å². The number of carbonyl (C=O) groups excluding carboxylic acids is 1. The average Bonchev–Trinajstić information content (AvgIpc) is 3.20. The Morgan fingerprint density at radius 2 is 1.04 bits per heavy atom. The first-order valence-corrected chi connectivity index (χ1v) is 23.1. The highest BCUT2D eigenvalue weighted by Crippen LogP contribution is 2.23. The largest absolute Gasteiger partial charge is 0.394 e. The number of aliphatic hydroxyl groups is 7. The Bertz CT molecular complexity index is 923. The van der Waals surface area contributed by atoms with Crippen molar-refractivity contribution in [1.29, 1.82) is 0 Å². The number of ether oxygens (including phenoxy) is 2. The van der Waals surface area contributed by atoms with Gasteiger partial charge in [-0.05, 0) is 38.5 Å². The second-order valence-corrected chi connectivity index (χ2v) is 16.5. The number of hydrogen-bond acceptors (Lipinski definition) is 10. The summed E-state index contributed by atoms with van der Waals surface area (Å²) in [4.78, 5) is 12.9. The van der Waals surface area contributed by atoms with Crippen LogP contribution in [0.25, 0.3) is 0 Å². The van der Waals surface area contributed by atoms with Crippen LogP contribution < -0.4 is 5.32 Å². The Balaban J connectivity index is 2.16. The van der Waals surface area contributed by atoms with Crippen LogP contribution in [0, 0.1) is 0 Å². The van der Waals surface area contributed by atoms with E-state index in [0.717, 1.165) is 32.1 Å². The fourth-order valence-corrected chi connectivity index (χ4v) is 7.43. The molecule has 1 rings (SSSR count). The van der Waals surface area contributed by atoms with Gasteiger partial charge in [-0.25, -0.2) is 0 Å². The number of carbonyl (C=O) groups is 1. The number of aliphatic hydroxyl groups excluding tert-OH is 7. The van der Waals surface area contributed by atoms with E-state index in [4.69, 9.17) is 9.47 Å². The zero-order valence-corrected chi connectivity index (χ0v) is 35.6. The van der Waals surface area contributed by atoms with Crippen molar-refractivity contribution in [2.75, 3.05) is 13.2 Å². The summed E-state index contributed by atoms with van der Waals surface area (Å²) in [7, 11) is 0. The maximum absolute atomic E-state index is 12.9. The zero-order chi connectivity index (χ0) is 41.2. The van der Waals surface area contributed by atoms with Gasteiger partial charge in [-0.15, -0.1) is 0 Å². The molecule has 0 spiro atoms. The smallest absolute Gasteiger partial charge is 0.249 e. The highest BCUT2D eigenvalue weighted by molar-refractivity contribution is 5.80. The first-order valence-electron chi connectivity index (χ1n) is 23.1. The van der Waals surface area contributed by atoms with Crippen molar-refractivity contribution in [3.8, 4) is 0 Å². The molecule has 0 aromatic carbocycles. The third-order valence-corrected chi connectivity index (χ3v) is 11.3. The Morgan fingerprint density at radius 3 is 1.52 bits per heavy atom. The van der Waals surface area contributed by atoms with Gasteiger partial charge in [0.05, 0.1) is 25.4 Å². The lowest BCUT2D eigenvalue weighted by atomic mass is 9.98. The molecule has 1 fully saturated rings. The number of unbranched alkanes of at least 4 members (excludes halogenated alkanes) is 24. The van der Waals surface area contributed by atoms with Crippen LogP contribution in [0.1, 0.15) is 200 Å². The van der Waals surface area contributed by atoms with Crippen molar-refractivity contribution in [1.82, 2.24) is 5.32 Å². The molecular formula is C45H87NO10. The molecule has 9 atom stereocenters. The van der Waals surface area contributed by atoms with E-state index in [0.29, 0.717) is 19.3 Å². The first kappa shape index (κ1) is 52.9. The lowest BCUT2D eigenvalue weighted by Crippen LogP contribution is -2.60. The van der Waals surface area contributed by atoms with Crippen molar-refractivity contribution >= 4 is 5.91 Å². The molecule has 56 heavy (non-hydrogen) atoms. The average molecular weight is 802 g/mol. The predicted octanol–water partition coefficient (Wildman–Crippen LogP) is 7.28. The Labute approximate surface area is 341 Å². The van der Waals surface area contributed by atoms with Crippen LogP contribution in [0.15, 0.2) is 12.2 Å². The fraction of sp³-hybridized carbons (Fsp3) is 0.933. The molecule has 0 aliphatic carbocycles. The molecule has 11 heteroatoms. The molecule has 1 aliphatic heterocycles. The van der Waals surface area contributed by atoms with E-state index < -0.39 is 74.2 Å². The van der Waals surface area contributed by atoms with E-state index in [9.17, 15) is 40.5 Å². The van der Waals surface area contributed by atoms with Crippen LogP contribution in [0.2, 0.25) is 0 Å². The molecule has 332 valence electrons. The predicted molar refractivity (Wildman–Crippen MR) is 224 cm³/mol. The van der Waals surface area contributed by atoms with Crippen LogP contribution in [0.4, 0.5) is 0 Å². The van der Waals surface area contributed by atoms with Gasteiger partial charge in [0.15, 0.2) is 6.29 Å². The molecule has 1 saturated heterocycles. The van der Waals surface area contributed by atoms with E-state index >= 15 is 0 Å². The third kappa shape index (κ3) is 25.4. The van der Waals surface area contributed by atoms with Gasteiger partial charge in [-0.1, -0.05) is 174 Å². The second-order valence-electron chi connectivity index (χ2n) is 16.5. The molecule has 1 heterocycles. The molecule has 0 aromatic rings. The summed E-state index contributed by atoms with van der Waals surface area (Å²) in [6.45, 7) is 3.24. The van der Waals surface area contributed by atoms with Gasteiger partial charge in [-0.2, -0.15) is 0 Å². The summed E-state index contributed by atoms with van der Waals surface area (Å²) in [5, 5.41) is 74.6. The summed E-state index contributed by atoms with van der Waals surface area (Å²) in [5.41, 5.74) is 0. The monoisotopic (exact) mass is 802 g/mol. The van der Waals surface area contributed by atoms with E-state index in [1.54, 1.807) is 0 Å². The topological polar surface area (TPSA) is 189 Å². The maximum atomic E-state index is 12.9. The summed E-state index contributed by atoms with van der Waals surface area (Å²) >= 11 is 0. The minimum atomic E-state index is -1.66. The van der Waals surface area contributed by atoms with Crippen molar-refractivity contribution in [3.05, 3.63) is 12.2 Å². The fourth-order valence-electron chi connectivity index (χ4n) is 7.43. The van der Waals surface area contributed by atoms with Gasteiger partial charge in [0.1, 0.15) is 36.6 Å². The quantitative estimate of drug-likeness (QED) is 0.0233. The molecule has 9 unspecified atom stereocenters. The minimum absolute atomic E-state index is 0.259. The summed E-state index contributed by atoms with van der Waals surface area (Å²) in [6.07, 6.45) is 26.8. The lowest BCUT2D eigenvalue weighted by molar-refractivity contribution is -0.303. The molecule has 11 nitrogen and oxygen atoms in total. The molecule has 1 aliphatic rings. The van der Waals surface area contributed by atoms with Gasteiger partial charge >= 0.3 is 0 Å². The Morgan fingerprint density at radius 1 is 0.607 bits per heavy atom. The Kier molecular flexibility index (Phi) is 33.8. The lowest BCUT2D eigenvalue weighted by Gasteiger charge is -2.40. The van der Waals surface area contributed by atoms with Crippen LogP contribution in [0.5, 0.6) is 0 Å². The van der Waals surface area contributed by atoms with Crippen molar-refractivity contribution in [3.63, 3.8) is 0 Å². The number of hydrogen-bond donors (Lipinski definition) is 8. The Hall–Kier alpha value is -1.15. The summed E-state index contributed by atoms with van der Waals surface area (Å²) in [5.74, 6) is -0.706. The summed E-state index contributed by atoms with van der Waals surface area (Å²) in [6, 6.07) is -1.16. The molecule has 0 saturated carbocycles. The second kappa shape index (κ2) is 35.8. The molecule has 0 aromatic heterocycles. The number of nitrogens with one attached hydrogen (secondary N) is 1. The van der Waals surface area contributed by atoms with E-state index in [1.165, 1.54) is 128 Å². The molecule has 1 amide bonds. The number of allylic oxidation sites excluding steroid dienone is 2. The molecule has 8 N–H and O–H groups in total. The van der Waals surface area contributed by atoms with Crippen molar-refractivity contribution < 1.29 is 50.0 Å². The normalized spacial score (nSPS) is 22.3. The van der Waals surface area contributed by atoms with E-state index in [-0.39, 0.29) is 6.42 Å². The highest BCUT2D eigenvalue weighted by atomic mass is 16.7.